The maximum absolute atomic E-state index is 11.5. The molecule has 15 heavy (non-hydrogen) atoms. The fourth-order valence-corrected chi connectivity index (χ4v) is 2.46. The fraction of sp³-hybridized carbons (Fsp3) is 0.100. The van der Waals surface area contributed by atoms with E-state index in [1.54, 1.807) is 18.2 Å². The molecule has 0 spiro atoms. The molecular weight excluding hydrogens is 234 g/mol. The SMILES string of the molecule is CS(=O)(=O)c1ccnc2cc(Cl)ccc12. The van der Waals surface area contributed by atoms with E-state index in [0.717, 1.165) is 0 Å². The van der Waals surface area contributed by atoms with Gasteiger partial charge in [0.1, 0.15) is 0 Å². The number of hydrogen-bond acceptors (Lipinski definition) is 3. The zero-order valence-corrected chi connectivity index (χ0v) is 9.51. The van der Waals surface area contributed by atoms with Crippen LogP contribution in [0.15, 0.2) is 35.4 Å². The summed E-state index contributed by atoms with van der Waals surface area (Å²) in [4.78, 5) is 4.35. The number of nitrogens with zero attached hydrogens (tertiary/aromatic N) is 1. The van der Waals surface area contributed by atoms with Gasteiger partial charge in [-0.15, -0.1) is 0 Å². The lowest BCUT2D eigenvalue weighted by molar-refractivity contribution is 0.602. The molecule has 0 N–H and O–H groups in total. The molecule has 1 aromatic heterocycles. The molecule has 0 unspecified atom stereocenters. The van der Waals surface area contributed by atoms with Gasteiger partial charge in [0.2, 0.25) is 0 Å². The molecule has 3 nitrogen and oxygen atoms in total. The van der Waals surface area contributed by atoms with Crippen molar-refractivity contribution >= 4 is 32.3 Å². The molecule has 0 saturated carbocycles. The first-order valence-electron chi connectivity index (χ1n) is 4.23. The summed E-state index contributed by atoms with van der Waals surface area (Å²) in [5, 5.41) is 1.14. The summed E-state index contributed by atoms with van der Waals surface area (Å²) >= 11 is 5.80. The second-order valence-electron chi connectivity index (χ2n) is 3.24. The highest BCUT2D eigenvalue weighted by Gasteiger charge is 2.11. The van der Waals surface area contributed by atoms with Crippen molar-refractivity contribution in [1.82, 2.24) is 4.98 Å². The first-order valence-corrected chi connectivity index (χ1v) is 6.50. The second-order valence-corrected chi connectivity index (χ2v) is 5.66. The number of benzene rings is 1. The molecule has 78 valence electrons. The van der Waals surface area contributed by atoms with Crippen LogP contribution in [0.3, 0.4) is 0 Å². The minimum absolute atomic E-state index is 0.282. The zero-order chi connectivity index (χ0) is 11.1. The Kier molecular flexibility index (Phi) is 2.40. The van der Waals surface area contributed by atoms with E-state index in [1.807, 2.05) is 0 Å². The highest BCUT2D eigenvalue weighted by atomic mass is 35.5. The van der Waals surface area contributed by atoms with Crippen molar-refractivity contribution in [1.29, 1.82) is 0 Å². The van der Waals surface area contributed by atoms with Gasteiger partial charge in [-0.1, -0.05) is 17.7 Å². The van der Waals surface area contributed by atoms with Gasteiger partial charge in [0, 0.05) is 22.9 Å². The summed E-state index contributed by atoms with van der Waals surface area (Å²) in [7, 11) is -3.23. The average molecular weight is 242 g/mol. The smallest absolute Gasteiger partial charge is 0.176 e. The van der Waals surface area contributed by atoms with E-state index in [1.165, 1.54) is 18.5 Å². The molecule has 2 aromatic rings. The van der Waals surface area contributed by atoms with E-state index >= 15 is 0 Å². The Bertz CT molecular complexity index is 622. The Morgan fingerprint density at radius 1 is 1.27 bits per heavy atom. The predicted octanol–water partition coefficient (Wildman–Crippen LogP) is 2.29. The van der Waals surface area contributed by atoms with Crippen LogP contribution in [0.5, 0.6) is 0 Å². The number of halogens is 1. The van der Waals surface area contributed by atoms with E-state index in [4.69, 9.17) is 11.6 Å². The van der Waals surface area contributed by atoms with Crippen LogP contribution in [0, 0.1) is 0 Å². The van der Waals surface area contributed by atoms with Crippen LogP contribution in [0.4, 0.5) is 0 Å². The van der Waals surface area contributed by atoms with Crippen molar-refractivity contribution in [2.75, 3.05) is 6.26 Å². The molecule has 0 aliphatic heterocycles. The molecular formula is C10H8ClNO2S. The predicted molar refractivity (Wildman–Crippen MR) is 59.9 cm³/mol. The standard InChI is InChI=1S/C10H8ClNO2S/c1-15(13,14)10-4-5-12-9-6-7(11)2-3-8(9)10/h2-6H,1H3. The Morgan fingerprint density at radius 3 is 2.67 bits per heavy atom. The number of aromatic nitrogens is 1. The molecule has 0 bridgehead atoms. The monoisotopic (exact) mass is 241 g/mol. The van der Waals surface area contributed by atoms with Gasteiger partial charge in [0.25, 0.3) is 0 Å². The van der Waals surface area contributed by atoms with Gasteiger partial charge in [0.15, 0.2) is 9.84 Å². The zero-order valence-electron chi connectivity index (χ0n) is 7.94. The Morgan fingerprint density at radius 2 is 2.00 bits per heavy atom. The van der Waals surface area contributed by atoms with Crippen molar-refractivity contribution in [3.8, 4) is 0 Å². The van der Waals surface area contributed by atoms with Gasteiger partial charge in [-0.2, -0.15) is 0 Å². The molecule has 0 amide bonds. The van der Waals surface area contributed by atoms with Crippen LogP contribution in [-0.2, 0) is 9.84 Å². The number of rotatable bonds is 1. The summed E-state index contributed by atoms with van der Waals surface area (Å²) in [6, 6.07) is 6.46. The van der Waals surface area contributed by atoms with E-state index in [0.29, 0.717) is 15.9 Å². The van der Waals surface area contributed by atoms with Crippen molar-refractivity contribution in [2.45, 2.75) is 4.90 Å². The lowest BCUT2D eigenvalue weighted by atomic mass is 10.2. The van der Waals surface area contributed by atoms with Crippen LogP contribution in [0.2, 0.25) is 5.02 Å². The van der Waals surface area contributed by atoms with E-state index in [9.17, 15) is 8.42 Å². The minimum atomic E-state index is -3.23. The van der Waals surface area contributed by atoms with Crippen LogP contribution in [-0.4, -0.2) is 19.7 Å². The summed E-state index contributed by atoms with van der Waals surface area (Å²) in [6.07, 6.45) is 2.64. The summed E-state index contributed by atoms with van der Waals surface area (Å²) in [5.74, 6) is 0. The van der Waals surface area contributed by atoms with E-state index < -0.39 is 9.84 Å². The number of fused-ring (bicyclic) bond motifs is 1. The molecule has 5 heteroatoms. The van der Waals surface area contributed by atoms with Crippen molar-refractivity contribution in [2.24, 2.45) is 0 Å². The molecule has 0 aliphatic rings. The highest BCUT2D eigenvalue weighted by Crippen LogP contribution is 2.23. The van der Waals surface area contributed by atoms with Crippen LogP contribution >= 0.6 is 11.6 Å². The molecule has 1 aromatic carbocycles. The third kappa shape index (κ3) is 1.96. The van der Waals surface area contributed by atoms with Crippen molar-refractivity contribution in [3.63, 3.8) is 0 Å². The summed E-state index contributed by atoms with van der Waals surface area (Å²) in [6.45, 7) is 0. The van der Waals surface area contributed by atoms with Crippen LogP contribution in [0.1, 0.15) is 0 Å². The van der Waals surface area contributed by atoms with Gasteiger partial charge < -0.3 is 0 Å². The molecule has 0 aliphatic carbocycles. The van der Waals surface area contributed by atoms with Crippen LogP contribution < -0.4 is 0 Å². The molecule has 1 heterocycles. The quantitative estimate of drug-likeness (QED) is 0.770. The first kappa shape index (κ1) is 10.4. The Labute approximate surface area is 92.6 Å². The largest absolute Gasteiger partial charge is 0.256 e. The third-order valence-corrected chi connectivity index (χ3v) is 3.45. The first-order chi connectivity index (χ1) is 6.98. The lowest BCUT2D eigenvalue weighted by Crippen LogP contribution is -1.98. The van der Waals surface area contributed by atoms with Gasteiger partial charge in [-0.3, -0.25) is 4.98 Å². The fourth-order valence-electron chi connectivity index (χ4n) is 1.42. The van der Waals surface area contributed by atoms with Crippen molar-refractivity contribution in [3.05, 3.63) is 35.5 Å². The second kappa shape index (κ2) is 3.47. The molecule has 0 fully saturated rings. The van der Waals surface area contributed by atoms with E-state index in [-0.39, 0.29) is 4.90 Å². The molecule has 2 rings (SSSR count). The Balaban J connectivity index is 2.89. The molecule has 0 atom stereocenters. The number of sulfone groups is 1. The van der Waals surface area contributed by atoms with Crippen molar-refractivity contribution < 1.29 is 8.42 Å². The van der Waals surface area contributed by atoms with E-state index in [2.05, 4.69) is 4.98 Å². The van der Waals surface area contributed by atoms with Gasteiger partial charge in [-0.05, 0) is 18.2 Å². The lowest BCUT2D eigenvalue weighted by Gasteiger charge is -2.03. The number of hydrogen-bond donors (Lipinski definition) is 0. The van der Waals surface area contributed by atoms with Crippen LogP contribution in [0.25, 0.3) is 10.9 Å². The summed E-state index contributed by atoms with van der Waals surface area (Å²) < 4.78 is 22.9. The Hall–Kier alpha value is -1.13. The normalized spacial score (nSPS) is 11.9. The summed E-state index contributed by atoms with van der Waals surface area (Å²) in [5.41, 5.74) is 0.588. The minimum Gasteiger partial charge on any atom is -0.256 e. The highest BCUT2D eigenvalue weighted by molar-refractivity contribution is 7.91. The molecule has 0 radical (unpaired) electrons. The maximum atomic E-state index is 11.5. The maximum Gasteiger partial charge on any atom is 0.176 e. The van der Waals surface area contributed by atoms with Gasteiger partial charge in [0.05, 0.1) is 10.4 Å². The topological polar surface area (TPSA) is 47.0 Å². The molecule has 0 saturated heterocycles. The average Bonchev–Trinajstić information content (AvgIpc) is 2.15. The van der Waals surface area contributed by atoms with Gasteiger partial charge >= 0.3 is 0 Å². The van der Waals surface area contributed by atoms with Gasteiger partial charge in [-0.25, -0.2) is 8.42 Å². The third-order valence-electron chi connectivity index (χ3n) is 2.06. The number of pyridine rings is 1.